The summed E-state index contributed by atoms with van der Waals surface area (Å²) in [4.78, 5) is 18.7. The second-order valence-electron chi connectivity index (χ2n) is 5.39. The fourth-order valence-electron chi connectivity index (χ4n) is 2.78. The molecule has 0 saturated heterocycles. The molecule has 0 unspecified atom stereocenters. The molecule has 1 atom stereocenters. The average Bonchev–Trinajstić information content (AvgIpc) is 3.01. The molecule has 2 amide bonds. The summed E-state index contributed by atoms with van der Waals surface area (Å²) in [6.07, 6.45) is 1.70. The number of carbonyl (C=O) groups excluding carboxylic acids is 1. The topological polar surface area (TPSA) is 45.2 Å². The zero-order valence-electron chi connectivity index (χ0n) is 12.3. The van der Waals surface area contributed by atoms with Crippen LogP contribution in [-0.2, 0) is 12.8 Å². The van der Waals surface area contributed by atoms with Gasteiger partial charge in [-0.25, -0.2) is 9.78 Å². The molecule has 0 fully saturated rings. The van der Waals surface area contributed by atoms with Crippen LogP contribution in [0.25, 0.3) is 0 Å². The summed E-state index contributed by atoms with van der Waals surface area (Å²) < 4.78 is 0. The normalized spacial score (nSPS) is 16.9. The van der Waals surface area contributed by atoms with E-state index in [-0.39, 0.29) is 12.1 Å². The van der Waals surface area contributed by atoms with E-state index in [9.17, 15) is 4.79 Å². The molecule has 5 heteroatoms. The Bertz CT molecular complexity index is 652. The van der Waals surface area contributed by atoms with Crippen molar-refractivity contribution >= 4 is 23.1 Å². The molecule has 1 aromatic heterocycles. The molecule has 0 bridgehead atoms. The molecule has 2 heterocycles. The van der Waals surface area contributed by atoms with Crippen LogP contribution >= 0.6 is 11.3 Å². The number of rotatable bonds is 3. The van der Waals surface area contributed by atoms with Gasteiger partial charge < -0.3 is 5.32 Å². The minimum absolute atomic E-state index is 0.0144. The molecule has 0 spiro atoms. The SMILES string of the molecule is Cc1nc(CCNC(=O)N2c3ccccc3C[C@@H]2C)cs1. The minimum Gasteiger partial charge on any atom is -0.337 e. The highest BCUT2D eigenvalue weighted by Crippen LogP contribution is 2.31. The van der Waals surface area contributed by atoms with Gasteiger partial charge in [0.2, 0.25) is 0 Å². The van der Waals surface area contributed by atoms with Crippen LogP contribution in [0, 0.1) is 6.92 Å². The van der Waals surface area contributed by atoms with E-state index < -0.39 is 0 Å². The van der Waals surface area contributed by atoms with Gasteiger partial charge in [0, 0.05) is 30.1 Å². The summed E-state index contributed by atoms with van der Waals surface area (Å²) in [6.45, 7) is 4.70. The van der Waals surface area contributed by atoms with Crippen molar-refractivity contribution in [2.75, 3.05) is 11.4 Å². The maximum atomic E-state index is 12.4. The number of thiazole rings is 1. The van der Waals surface area contributed by atoms with Crippen LogP contribution < -0.4 is 10.2 Å². The molecule has 1 N–H and O–H groups in total. The van der Waals surface area contributed by atoms with E-state index >= 15 is 0 Å². The highest BCUT2D eigenvalue weighted by Gasteiger charge is 2.30. The number of carbonyl (C=O) groups is 1. The first-order chi connectivity index (χ1) is 10.1. The van der Waals surface area contributed by atoms with Gasteiger partial charge in [-0.05, 0) is 31.9 Å². The number of benzene rings is 1. The first-order valence-corrected chi connectivity index (χ1v) is 8.09. The van der Waals surface area contributed by atoms with Crippen LogP contribution in [0.2, 0.25) is 0 Å². The molecule has 1 aliphatic rings. The zero-order chi connectivity index (χ0) is 14.8. The van der Waals surface area contributed by atoms with Crippen LogP contribution in [0.4, 0.5) is 10.5 Å². The molecule has 0 radical (unpaired) electrons. The second-order valence-corrected chi connectivity index (χ2v) is 6.45. The van der Waals surface area contributed by atoms with Gasteiger partial charge in [-0.2, -0.15) is 0 Å². The number of hydrogen-bond acceptors (Lipinski definition) is 3. The number of nitrogens with zero attached hydrogens (tertiary/aromatic N) is 2. The Labute approximate surface area is 128 Å². The fraction of sp³-hybridized carbons (Fsp3) is 0.375. The van der Waals surface area contributed by atoms with Crippen molar-refractivity contribution in [1.29, 1.82) is 0 Å². The van der Waals surface area contributed by atoms with Crippen LogP contribution in [-0.4, -0.2) is 23.6 Å². The lowest BCUT2D eigenvalue weighted by molar-refractivity contribution is 0.245. The molecule has 1 aliphatic heterocycles. The molecule has 0 saturated carbocycles. The lowest BCUT2D eigenvalue weighted by atomic mass is 10.1. The third-order valence-electron chi connectivity index (χ3n) is 3.75. The van der Waals surface area contributed by atoms with E-state index in [2.05, 4.69) is 28.7 Å². The Kier molecular flexibility index (Phi) is 3.92. The first kappa shape index (κ1) is 14.1. The monoisotopic (exact) mass is 301 g/mol. The van der Waals surface area contributed by atoms with Crippen LogP contribution in [0.15, 0.2) is 29.6 Å². The van der Waals surface area contributed by atoms with E-state index in [1.807, 2.05) is 30.0 Å². The third kappa shape index (κ3) is 2.93. The fourth-order valence-corrected chi connectivity index (χ4v) is 3.43. The van der Waals surface area contributed by atoms with Crippen molar-refractivity contribution in [3.8, 4) is 0 Å². The zero-order valence-corrected chi connectivity index (χ0v) is 13.1. The quantitative estimate of drug-likeness (QED) is 0.946. The smallest absolute Gasteiger partial charge is 0.322 e. The summed E-state index contributed by atoms with van der Waals surface area (Å²) in [5.74, 6) is 0. The summed E-state index contributed by atoms with van der Waals surface area (Å²) in [6, 6.07) is 8.31. The number of aryl methyl sites for hydroxylation is 1. The Morgan fingerprint density at radius 2 is 2.29 bits per heavy atom. The van der Waals surface area contributed by atoms with Crippen LogP contribution in [0.1, 0.15) is 23.2 Å². The van der Waals surface area contributed by atoms with E-state index in [1.54, 1.807) is 11.3 Å². The standard InChI is InChI=1S/C16H19N3OS/c1-11-9-13-5-3-4-6-15(13)19(11)16(20)17-8-7-14-10-21-12(2)18-14/h3-6,10-11H,7-9H2,1-2H3,(H,17,20)/t11-/m0/s1. The molecular weight excluding hydrogens is 282 g/mol. The number of para-hydroxylation sites is 1. The summed E-state index contributed by atoms with van der Waals surface area (Å²) in [7, 11) is 0. The number of aromatic nitrogens is 1. The lowest BCUT2D eigenvalue weighted by Gasteiger charge is -2.23. The highest BCUT2D eigenvalue weighted by atomic mass is 32.1. The summed E-state index contributed by atoms with van der Waals surface area (Å²) in [5, 5.41) is 6.12. The molecule has 2 aromatic rings. The molecule has 110 valence electrons. The predicted molar refractivity (Wildman–Crippen MR) is 86.0 cm³/mol. The van der Waals surface area contributed by atoms with Crippen molar-refractivity contribution in [2.45, 2.75) is 32.7 Å². The van der Waals surface area contributed by atoms with Gasteiger partial charge in [-0.3, -0.25) is 4.90 Å². The molecule has 0 aliphatic carbocycles. The number of anilines is 1. The predicted octanol–water partition coefficient (Wildman–Crippen LogP) is 3.15. The maximum Gasteiger partial charge on any atom is 0.322 e. The van der Waals surface area contributed by atoms with Gasteiger partial charge in [0.15, 0.2) is 0 Å². The maximum absolute atomic E-state index is 12.4. The van der Waals surface area contributed by atoms with Crippen molar-refractivity contribution in [3.63, 3.8) is 0 Å². The van der Waals surface area contributed by atoms with Crippen LogP contribution in [0.5, 0.6) is 0 Å². The highest BCUT2D eigenvalue weighted by molar-refractivity contribution is 7.09. The summed E-state index contributed by atoms with van der Waals surface area (Å²) in [5.41, 5.74) is 3.33. The van der Waals surface area contributed by atoms with Gasteiger partial charge >= 0.3 is 6.03 Å². The molecule has 4 nitrogen and oxygen atoms in total. The Balaban J connectivity index is 1.60. The number of fused-ring (bicyclic) bond motifs is 1. The van der Waals surface area contributed by atoms with Gasteiger partial charge in [0.1, 0.15) is 0 Å². The van der Waals surface area contributed by atoms with Crippen molar-refractivity contribution in [1.82, 2.24) is 10.3 Å². The van der Waals surface area contributed by atoms with Gasteiger partial charge in [0.25, 0.3) is 0 Å². The number of nitrogens with one attached hydrogen (secondary N) is 1. The van der Waals surface area contributed by atoms with E-state index in [0.29, 0.717) is 6.54 Å². The van der Waals surface area contributed by atoms with E-state index in [1.165, 1.54) is 5.56 Å². The van der Waals surface area contributed by atoms with Gasteiger partial charge in [0.05, 0.1) is 10.7 Å². The van der Waals surface area contributed by atoms with Crippen LogP contribution in [0.3, 0.4) is 0 Å². The third-order valence-corrected chi connectivity index (χ3v) is 4.57. The van der Waals surface area contributed by atoms with E-state index in [4.69, 9.17) is 0 Å². The van der Waals surface area contributed by atoms with E-state index in [0.717, 1.165) is 29.2 Å². The number of amides is 2. The summed E-state index contributed by atoms with van der Waals surface area (Å²) >= 11 is 1.65. The first-order valence-electron chi connectivity index (χ1n) is 7.21. The Hall–Kier alpha value is -1.88. The Morgan fingerprint density at radius 3 is 3.05 bits per heavy atom. The molecule has 3 rings (SSSR count). The molecule has 1 aromatic carbocycles. The Morgan fingerprint density at radius 1 is 1.48 bits per heavy atom. The van der Waals surface area contributed by atoms with Gasteiger partial charge in [-0.15, -0.1) is 11.3 Å². The van der Waals surface area contributed by atoms with Gasteiger partial charge in [-0.1, -0.05) is 18.2 Å². The van der Waals surface area contributed by atoms with Crippen molar-refractivity contribution in [2.24, 2.45) is 0 Å². The largest absolute Gasteiger partial charge is 0.337 e. The lowest BCUT2D eigenvalue weighted by Crippen LogP contribution is -2.43. The average molecular weight is 301 g/mol. The second kappa shape index (κ2) is 5.85. The molecular formula is C16H19N3OS. The number of urea groups is 1. The minimum atomic E-state index is -0.0144. The number of hydrogen-bond donors (Lipinski definition) is 1. The van der Waals surface area contributed by atoms with Crippen molar-refractivity contribution < 1.29 is 4.79 Å². The van der Waals surface area contributed by atoms with Crippen molar-refractivity contribution in [3.05, 3.63) is 45.9 Å². The molecule has 21 heavy (non-hydrogen) atoms.